The molecule has 0 saturated carbocycles. The molecular weight excluding hydrogens is 478 g/mol. The van der Waals surface area contributed by atoms with Crippen molar-refractivity contribution < 1.29 is 8.42 Å². The molecule has 0 radical (unpaired) electrons. The highest BCUT2D eigenvalue weighted by atomic mass is 35.5. The van der Waals surface area contributed by atoms with Crippen molar-refractivity contribution in [2.75, 3.05) is 13.6 Å². The van der Waals surface area contributed by atoms with Crippen LogP contribution in [0.25, 0.3) is 10.9 Å². The molecule has 3 aromatic carbocycles. The van der Waals surface area contributed by atoms with Gasteiger partial charge in [0.2, 0.25) is 0 Å². The number of benzene rings is 3. The smallest absolute Gasteiger partial charge is 0.256 e. The third-order valence-corrected chi connectivity index (χ3v) is 8.39. The minimum Gasteiger partial charge on any atom is -0.330 e. The summed E-state index contributed by atoms with van der Waals surface area (Å²) in [5.41, 5.74) is 3.94. The Morgan fingerprint density at radius 3 is 2.11 bits per heavy atom. The maximum atomic E-state index is 13.6. The van der Waals surface area contributed by atoms with Crippen molar-refractivity contribution in [3.05, 3.63) is 102 Å². The predicted molar refractivity (Wildman–Crippen MR) is 145 cm³/mol. The average molecular weight is 510 g/mol. The lowest BCUT2D eigenvalue weighted by molar-refractivity contribution is 0.489. The molecule has 1 aromatic heterocycles. The Morgan fingerprint density at radius 1 is 0.943 bits per heavy atom. The van der Waals surface area contributed by atoms with Crippen LogP contribution in [0.3, 0.4) is 0 Å². The summed E-state index contributed by atoms with van der Waals surface area (Å²) in [4.78, 5) is 0. The second kappa shape index (κ2) is 11.0. The molecule has 4 aromatic rings. The van der Waals surface area contributed by atoms with Crippen LogP contribution in [-0.2, 0) is 16.6 Å². The summed E-state index contributed by atoms with van der Waals surface area (Å²) in [5.74, 6) is -0.212. The number of hydrogen-bond acceptors (Lipinski definition) is 3. The van der Waals surface area contributed by atoms with E-state index in [-0.39, 0.29) is 18.3 Å². The van der Waals surface area contributed by atoms with Crippen molar-refractivity contribution in [2.24, 2.45) is 0 Å². The van der Waals surface area contributed by atoms with E-state index in [0.717, 1.165) is 47.0 Å². The third kappa shape index (κ3) is 5.02. The van der Waals surface area contributed by atoms with Gasteiger partial charge < -0.3 is 9.88 Å². The number of fused-ring (bicyclic) bond motifs is 1. The lowest BCUT2D eigenvalue weighted by Crippen LogP contribution is -2.27. The molecule has 0 aliphatic carbocycles. The number of aromatic nitrogens is 1. The van der Waals surface area contributed by atoms with Gasteiger partial charge in [0, 0.05) is 35.0 Å². The summed E-state index contributed by atoms with van der Waals surface area (Å²) in [6.07, 6.45) is 3.20. The van der Waals surface area contributed by atoms with Gasteiger partial charge in [-0.05, 0) is 50.0 Å². The molecule has 2 heterocycles. The zero-order chi connectivity index (χ0) is 23.5. The number of nitrogens with one attached hydrogen (secondary N) is 2. The van der Waals surface area contributed by atoms with Crippen molar-refractivity contribution in [2.45, 2.75) is 42.8 Å². The number of aryl methyl sites for hydroxylation is 1. The van der Waals surface area contributed by atoms with Gasteiger partial charge >= 0.3 is 0 Å². The number of hydrogen-bond donors (Lipinski definition) is 2. The van der Waals surface area contributed by atoms with Crippen LogP contribution < -0.4 is 10.0 Å². The van der Waals surface area contributed by atoms with Crippen molar-refractivity contribution in [3.63, 3.8) is 0 Å². The molecule has 2 N–H and O–H groups in total. The molecule has 35 heavy (non-hydrogen) atoms. The van der Waals surface area contributed by atoms with Gasteiger partial charge in [0.25, 0.3) is 10.0 Å². The minimum atomic E-state index is -3.74. The molecule has 1 fully saturated rings. The van der Waals surface area contributed by atoms with Crippen LogP contribution in [0.4, 0.5) is 0 Å². The standard InChI is InChI=1S/C28H31N3O2S.ClH/c1-29-34(32,33)28-27(26(21-11-4-2-5-12-21)22-13-6-3-7-14-22)24-16-8-9-17-25(24)31(28)20-18-23-15-10-19-30-23;/h2-9,11-14,16-17,23,26,29-30H,10,15,18-20H2,1H3;1H. The van der Waals surface area contributed by atoms with Crippen molar-refractivity contribution in [1.82, 2.24) is 14.6 Å². The highest BCUT2D eigenvalue weighted by Crippen LogP contribution is 2.42. The average Bonchev–Trinajstić information content (AvgIpc) is 3.51. The van der Waals surface area contributed by atoms with Crippen molar-refractivity contribution in [3.8, 4) is 0 Å². The lowest BCUT2D eigenvalue weighted by atomic mass is 9.85. The summed E-state index contributed by atoms with van der Waals surface area (Å²) in [5, 5.41) is 4.90. The van der Waals surface area contributed by atoms with Gasteiger partial charge in [0.05, 0.1) is 0 Å². The van der Waals surface area contributed by atoms with E-state index in [0.29, 0.717) is 17.6 Å². The van der Waals surface area contributed by atoms with Crippen molar-refractivity contribution >= 4 is 33.3 Å². The molecule has 5 rings (SSSR count). The van der Waals surface area contributed by atoms with E-state index in [4.69, 9.17) is 0 Å². The molecule has 184 valence electrons. The molecule has 1 aliphatic heterocycles. The molecule has 5 nitrogen and oxygen atoms in total. The normalized spacial score (nSPS) is 16.0. The Balaban J connectivity index is 0.00000289. The monoisotopic (exact) mass is 509 g/mol. The number of sulfonamides is 1. The Labute approximate surface area is 214 Å². The summed E-state index contributed by atoms with van der Waals surface area (Å²) < 4.78 is 31.9. The highest BCUT2D eigenvalue weighted by molar-refractivity contribution is 7.89. The first-order valence-electron chi connectivity index (χ1n) is 12.0. The molecule has 1 aliphatic rings. The van der Waals surface area contributed by atoms with Gasteiger partial charge in [-0.15, -0.1) is 12.4 Å². The second-order valence-electron chi connectivity index (χ2n) is 8.93. The van der Waals surface area contributed by atoms with Crippen LogP contribution in [0, 0.1) is 0 Å². The Hall–Kier alpha value is -2.64. The Morgan fingerprint density at radius 2 is 1.54 bits per heavy atom. The van der Waals surface area contributed by atoms with Crippen molar-refractivity contribution in [1.29, 1.82) is 0 Å². The van der Waals surface area contributed by atoms with Gasteiger partial charge in [0.1, 0.15) is 0 Å². The molecule has 1 atom stereocenters. The van der Waals surface area contributed by atoms with E-state index in [1.54, 1.807) is 0 Å². The number of halogens is 1. The van der Waals surface area contributed by atoms with E-state index in [1.807, 2.05) is 59.2 Å². The van der Waals surface area contributed by atoms with Crippen LogP contribution in [-0.4, -0.2) is 32.6 Å². The summed E-state index contributed by atoms with van der Waals surface area (Å²) in [6, 6.07) is 28.9. The first kappa shape index (κ1) is 25.5. The number of nitrogens with zero attached hydrogens (tertiary/aromatic N) is 1. The number of rotatable bonds is 8. The highest BCUT2D eigenvalue weighted by Gasteiger charge is 2.33. The van der Waals surface area contributed by atoms with Crippen LogP contribution in [0.15, 0.2) is 90.0 Å². The fourth-order valence-corrected chi connectivity index (χ4v) is 6.49. The van der Waals surface area contributed by atoms with Gasteiger partial charge in [0.15, 0.2) is 5.03 Å². The SMILES string of the molecule is CNS(=O)(=O)c1c(C(c2ccccc2)c2ccccc2)c2ccccc2n1CCC1CCCN1.Cl. The van der Waals surface area contributed by atoms with E-state index >= 15 is 0 Å². The van der Waals surface area contributed by atoms with Gasteiger partial charge in [-0.25, -0.2) is 13.1 Å². The maximum Gasteiger partial charge on any atom is 0.256 e. The van der Waals surface area contributed by atoms with E-state index in [2.05, 4.69) is 40.4 Å². The summed E-state index contributed by atoms with van der Waals surface area (Å²) >= 11 is 0. The summed E-state index contributed by atoms with van der Waals surface area (Å²) in [7, 11) is -2.24. The van der Waals surface area contributed by atoms with E-state index in [1.165, 1.54) is 13.5 Å². The zero-order valence-electron chi connectivity index (χ0n) is 19.9. The lowest BCUT2D eigenvalue weighted by Gasteiger charge is -2.21. The Kier molecular flexibility index (Phi) is 7.97. The van der Waals surface area contributed by atoms with Crippen LogP contribution in [0.2, 0.25) is 0 Å². The molecule has 1 saturated heterocycles. The van der Waals surface area contributed by atoms with Crippen LogP contribution in [0.1, 0.15) is 41.9 Å². The van der Waals surface area contributed by atoms with Crippen LogP contribution in [0.5, 0.6) is 0 Å². The van der Waals surface area contributed by atoms with Crippen LogP contribution >= 0.6 is 12.4 Å². The largest absolute Gasteiger partial charge is 0.330 e. The van der Waals surface area contributed by atoms with E-state index in [9.17, 15) is 8.42 Å². The predicted octanol–water partition coefficient (Wildman–Crippen LogP) is 5.29. The fraction of sp³-hybridized carbons (Fsp3) is 0.286. The molecule has 0 bridgehead atoms. The molecule has 1 unspecified atom stereocenters. The first-order valence-corrected chi connectivity index (χ1v) is 13.5. The Bertz CT molecular complexity index is 1330. The molecule has 0 amide bonds. The maximum absolute atomic E-state index is 13.6. The zero-order valence-corrected chi connectivity index (χ0v) is 21.5. The quantitative estimate of drug-likeness (QED) is 0.339. The fourth-order valence-electron chi connectivity index (χ4n) is 5.30. The van der Waals surface area contributed by atoms with Gasteiger partial charge in [-0.3, -0.25) is 0 Å². The number of para-hydroxylation sites is 1. The topological polar surface area (TPSA) is 63.1 Å². The molecular formula is C28H32ClN3O2S. The van der Waals surface area contributed by atoms with Gasteiger partial charge in [-0.1, -0.05) is 78.9 Å². The molecule has 0 spiro atoms. The third-order valence-electron chi connectivity index (χ3n) is 6.90. The first-order chi connectivity index (χ1) is 16.6. The minimum absolute atomic E-state index is 0. The second-order valence-corrected chi connectivity index (χ2v) is 10.7. The van der Waals surface area contributed by atoms with E-state index < -0.39 is 10.0 Å². The van der Waals surface area contributed by atoms with Gasteiger partial charge in [-0.2, -0.15) is 0 Å². The summed E-state index contributed by atoms with van der Waals surface area (Å²) in [6.45, 7) is 1.68. The molecule has 7 heteroatoms.